The quantitative estimate of drug-likeness (QED) is 0.601. The van der Waals surface area contributed by atoms with Gasteiger partial charge in [0.25, 0.3) is 0 Å². The normalized spacial score (nSPS) is 11.5. The van der Waals surface area contributed by atoms with Gasteiger partial charge in [-0.15, -0.1) is 0 Å². The van der Waals surface area contributed by atoms with Crippen molar-refractivity contribution in [1.82, 2.24) is 9.55 Å². The van der Waals surface area contributed by atoms with Gasteiger partial charge in [0.1, 0.15) is 0 Å². The summed E-state index contributed by atoms with van der Waals surface area (Å²) in [5.41, 5.74) is 3.33. The maximum Gasteiger partial charge on any atom is 0.174 e. The summed E-state index contributed by atoms with van der Waals surface area (Å²) >= 11 is 1.49. The Kier molecular flexibility index (Phi) is 4.75. The van der Waals surface area contributed by atoms with Crippen molar-refractivity contribution >= 4 is 17.5 Å². The van der Waals surface area contributed by atoms with Gasteiger partial charge in [-0.25, -0.2) is 9.98 Å². The van der Waals surface area contributed by atoms with Crippen LogP contribution in [0.4, 0.5) is 0 Å². The third-order valence-electron chi connectivity index (χ3n) is 2.19. The van der Waals surface area contributed by atoms with Crippen LogP contribution in [-0.4, -0.2) is 15.3 Å². The molecule has 0 aromatic carbocycles. The third kappa shape index (κ3) is 4.23. The molecular weight excluding hydrogens is 230 g/mol. The molecule has 3 nitrogen and oxygen atoms in total. The van der Waals surface area contributed by atoms with Crippen molar-refractivity contribution in [3.8, 4) is 0 Å². The first-order chi connectivity index (χ1) is 7.90. The van der Waals surface area contributed by atoms with Crippen molar-refractivity contribution < 1.29 is 0 Å². The first kappa shape index (κ1) is 13.8. The lowest BCUT2D eigenvalue weighted by Gasteiger charge is -2.02. The highest BCUT2D eigenvalue weighted by molar-refractivity contribution is 8.02. The Morgan fingerprint density at radius 1 is 1.47 bits per heavy atom. The Balaban J connectivity index is 2.74. The molecule has 0 spiro atoms. The molecule has 0 fully saturated rings. The fraction of sp³-hybridized carbons (Fsp3) is 0.385. The molecule has 0 N–H and O–H groups in total. The van der Waals surface area contributed by atoms with Gasteiger partial charge < -0.3 is 4.57 Å². The summed E-state index contributed by atoms with van der Waals surface area (Å²) in [7, 11) is 1.99. The molecule has 0 aliphatic carbocycles. The molecule has 0 amide bonds. The van der Waals surface area contributed by atoms with Gasteiger partial charge in [-0.2, -0.15) is 0 Å². The van der Waals surface area contributed by atoms with Gasteiger partial charge in [-0.1, -0.05) is 12.2 Å². The van der Waals surface area contributed by atoms with E-state index in [1.54, 1.807) is 0 Å². The first-order valence-electron chi connectivity index (χ1n) is 5.45. The fourth-order valence-electron chi connectivity index (χ4n) is 1.34. The smallest absolute Gasteiger partial charge is 0.174 e. The van der Waals surface area contributed by atoms with Crippen LogP contribution in [0.25, 0.3) is 0 Å². The fourth-order valence-corrected chi connectivity index (χ4v) is 2.13. The van der Waals surface area contributed by atoms with E-state index in [-0.39, 0.29) is 0 Å². The molecule has 0 aliphatic rings. The zero-order chi connectivity index (χ0) is 13.0. The van der Waals surface area contributed by atoms with Gasteiger partial charge >= 0.3 is 0 Å². The van der Waals surface area contributed by atoms with Gasteiger partial charge in [0, 0.05) is 24.7 Å². The number of rotatable bonds is 4. The number of aromatic nitrogens is 2. The molecule has 0 bridgehead atoms. The van der Waals surface area contributed by atoms with Crippen LogP contribution in [0, 0.1) is 6.92 Å². The molecule has 1 heterocycles. The van der Waals surface area contributed by atoms with Crippen molar-refractivity contribution in [1.29, 1.82) is 0 Å². The molecule has 0 unspecified atom stereocenters. The largest absolute Gasteiger partial charge is 0.326 e. The Labute approximate surface area is 107 Å². The van der Waals surface area contributed by atoms with Gasteiger partial charge in [-0.3, -0.25) is 0 Å². The van der Waals surface area contributed by atoms with Crippen LogP contribution in [-0.2, 0) is 7.05 Å². The topological polar surface area (TPSA) is 30.2 Å². The second kappa shape index (κ2) is 5.87. The molecule has 0 aliphatic heterocycles. The molecule has 0 saturated carbocycles. The van der Waals surface area contributed by atoms with E-state index in [1.807, 2.05) is 37.7 Å². The average molecular weight is 249 g/mol. The van der Waals surface area contributed by atoms with Crippen molar-refractivity contribution in [2.24, 2.45) is 12.0 Å². The van der Waals surface area contributed by atoms with E-state index in [0.29, 0.717) is 0 Å². The number of hydrogen-bond donors (Lipinski definition) is 0. The number of imidazole rings is 1. The molecule has 1 aromatic rings. The predicted octanol–water partition coefficient (Wildman–Crippen LogP) is 3.72. The number of thioether (sulfide) groups is 1. The number of hydrogen-bond acceptors (Lipinski definition) is 3. The Hall–Kier alpha value is -1.29. The summed E-state index contributed by atoms with van der Waals surface area (Å²) in [4.78, 5) is 8.72. The second-order valence-electron chi connectivity index (χ2n) is 4.21. The summed E-state index contributed by atoms with van der Waals surface area (Å²) in [6, 6.07) is 0. The Bertz CT molecular complexity index is 477. The van der Waals surface area contributed by atoms with Crippen LogP contribution < -0.4 is 0 Å². The third-order valence-corrected chi connectivity index (χ3v) is 3.07. The first-order valence-corrected chi connectivity index (χ1v) is 6.27. The zero-order valence-corrected chi connectivity index (χ0v) is 11.9. The van der Waals surface area contributed by atoms with Crippen LogP contribution in [0.2, 0.25) is 0 Å². The minimum atomic E-state index is 0.758. The van der Waals surface area contributed by atoms with Gasteiger partial charge in [-0.05, 0) is 45.5 Å². The van der Waals surface area contributed by atoms with Gasteiger partial charge in [0.05, 0.1) is 5.03 Å². The Morgan fingerprint density at radius 2 is 2.12 bits per heavy atom. The molecule has 4 heteroatoms. The van der Waals surface area contributed by atoms with E-state index >= 15 is 0 Å². The predicted molar refractivity (Wildman–Crippen MR) is 75.5 cm³/mol. The van der Waals surface area contributed by atoms with Crippen molar-refractivity contribution in [2.45, 2.75) is 32.9 Å². The van der Waals surface area contributed by atoms with Gasteiger partial charge in [0.15, 0.2) is 5.16 Å². The van der Waals surface area contributed by atoms with Crippen LogP contribution in [0.3, 0.4) is 0 Å². The number of nitrogens with zero attached hydrogens (tertiary/aromatic N) is 3. The summed E-state index contributed by atoms with van der Waals surface area (Å²) in [6.07, 6.45) is 3.89. The number of allylic oxidation sites excluding steroid dienone is 2. The molecule has 0 saturated heterocycles. The van der Waals surface area contributed by atoms with E-state index in [2.05, 4.69) is 30.4 Å². The van der Waals surface area contributed by atoms with Crippen LogP contribution in [0.15, 0.2) is 39.6 Å². The highest BCUT2D eigenvalue weighted by atomic mass is 32.2. The highest BCUT2D eigenvalue weighted by Gasteiger charge is 2.05. The van der Waals surface area contributed by atoms with E-state index in [4.69, 9.17) is 0 Å². The molecule has 92 valence electrons. The lowest BCUT2D eigenvalue weighted by molar-refractivity contribution is 0.767. The van der Waals surface area contributed by atoms with Crippen molar-refractivity contribution in [2.75, 3.05) is 0 Å². The summed E-state index contributed by atoms with van der Waals surface area (Å²) in [5, 5.41) is 1.68. The van der Waals surface area contributed by atoms with Crippen molar-refractivity contribution in [3.05, 3.63) is 35.1 Å². The average Bonchev–Trinajstić information content (AvgIpc) is 2.48. The number of aliphatic imine (C=N–C) groups is 1. The van der Waals surface area contributed by atoms with E-state index in [1.165, 1.54) is 17.3 Å². The lowest BCUT2D eigenvalue weighted by atomic mass is 10.2. The minimum absolute atomic E-state index is 0.758. The Morgan fingerprint density at radius 3 is 2.59 bits per heavy atom. The molecule has 1 aromatic heterocycles. The van der Waals surface area contributed by atoms with E-state index < -0.39 is 0 Å². The maximum absolute atomic E-state index is 4.42. The monoisotopic (exact) mass is 249 g/mol. The highest BCUT2D eigenvalue weighted by Crippen LogP contribution is 2.25. The SMILES string of the molecule is C=C(N=C(C)C=C(C)C)Sc1ncc(C)n1C. The second-order valence-corrected chi connectivity index (χ2v) is 5.25. The van der Waals surface area contributed by atoms with Crippen molar-refractivity contribution in [3.63, 3.8) is 0 Å². The van der Waals surface area contributed by atoms with Crippen LogP contribution >= 0.6 is 11.8 Å². The van der Waals surface area contributed by atoms with Gasteiger partial charge in [0.2, 0.25) is 0 Å². The number of aryl methyl sites for hydroxylation is 1. The molecule has 0 atom stereocenters. The molecular formula is C13H19N3S. The van der Waals surface area contributed by atoms with E-state index in [0.717, 1.165) is 21.6 Å². The molecule has 0 radical (unpaired) electrons. The summed E-state index contributed by atoms with van der Waals surface area (Å²) < 4.78 is 2.03. The molecule has 17 heavy (non-hydrogen) atoms. The minimum Gasteiger partial charge on any atom is -0.326 e. The lowest BCUT2D eigenvalue weighted by Crippen LogP contribution is -1.93. The standard InChI is InChI=1S/C13H19N3S/c1-9(2)7-10(3)15-12(5)17-13-14-8-11(4)16(13)6/h7-8H,5H2,1-4,6H3. The maximum atomic E-state index is 4.42. The van der Waals surface area contributed by atoms with E-state index in [9.17, 15) is 0 Å². The summed E-state index contributed by atoms with van der Waals surface area (Å²) in [6.45, 7) is 12.0. The zero-order valence-electron chi connectivity index (χ0n) is 11.1. The summed E-state index contributed by atoms with van der Waals surface area (Å²) in [5.74, 6) is 0. The van der Waals surface area contributed by atoms with Crippen LogP contribution in [0.1, 0.15) is 26.5 Å². The van der Waals surface area contributed by atoms with Crippen LogP contribution in [0.5, 0.6) is 0 Å². The molecule has 1 rings (SSSR count).